The first-order valence-corrected chi connectivity index (χ1v) is 9.28. The van der Waals surface area contributed by atoms with E-state index in [0.29, 0.717) is 17.5 Å². The molecule has 3 aliphatic heterocycles. The van der Waals surface area contributed by atoms with Gasteiger partial charge in [-0.15, -0.1) is 10.2 Å². The molecule has 2 aromatic rings. The molecule has 1 amide bonds. The van der Waals surface area contributed by atoms with Crippen molar-refractivity contribution in [1.29, 1.82) is 0 Å². The van der Waals surface area contributed by atoms with E-state index in [1.807, 2.05) is 36.4 Å². The summed E-state index contributed by atoms with van der Waals surface area (Å²) in [5.74, 6) is 7.17. The van der Waals surface area contributed by atoms with Crippen LogP contribution in [0.15, 0.2) is 36.4 Å². The van der Waals surface area contributed by atoms with Crippen LogP contribution >= 0.6 is 0 Å². The van der Waals surface area contributed by atoms with Crippen molar-refractivity contribution < 1.29 is 9.53 Å². The van der Waals surface area contributed by atoms with Gasteiger partial charge in [-0.1, -0.05) is 5.92 Å². The summed E-state index contributed by atoms with van der Waals surface area (Å²) in [6, 6.07) is 11.0. The summed E-state index contributed by atoms with van der Waals surface area (Å²) < 4.78 is 6.05. The molecule has 1 N–H and O–H groups in total. The summed E-state index contributed by atoms with van der Waals surface area (Å²) in [5, 5.41) is 11.1. The van der Waals surface area contributed by atoms with Crippen molar-refractivity contribution in [3.63, 3.8) is 0 Å². The van der Waals surface area contributed by atoms with Gasteiger partial charge in [0.2, 0.25) is 11.8 Å². The van der Waals surface area contributed by atoms with E-state index in [-0.39, 0.29) is 12.0 Å². The molecular formula is C21H22N4O2. The summed E-state index contributed by atoms with van der Waals surface area (Å²) in [4.78, 5) is 13.5. The number of aromatic nitrogens is 2. The molecule has 3 fully saturated rings. The van der Waals surface area contributed by atoms with Crippen molar-refractivity contribution in [2.24, 2.45) is 5.92 Å². The SMILES string of the molecule is CC(=O)Nc1ccc(C#Cc2ccc(O[C@@H]3CN4CCC3CC4)nn2)cc1. The second-order valence-corrected chi connectivity index (χ2v) is 7.06. The third kappa shape index (κ3) is 4.44. The Morgan fingerprint density at radius 1 is 1.11 bits per heavy atom. The lowest BCUT2D eigenvalue weighted by Gasteiger charge is -2.44. The maximum Gasteiger partial charge on any atom is 0.233 e. The second-order valence-electron chi connectivity index (χ2n) is 7.06. The largest absolute Gasteiger partial charge is 0.472 e. The number of carbonyl (C=O) groups excluding carboxylic acids is 1. The molecule has 0 spiro atoms. The molecular weight excluding hydrogens is 340 g/mol. The number of nitrogens with zero attached hydrogens (tertiary/aromatic N) is 3. The summed E-state index contributed by atoms with van der Waals surface area (Å²) in [6.07, 6.45) is 2.64. The van der Waals surface area contributed by atoms with Crippen LogP contribution in [0.5, 0.6) is 5.88 Å². The maximum atomic E-state index is 11.0. The number of piperidine rings is 3. The highest BCUT2D eigenvalue weighted by Gasteiger charge is 2.35. The molecule has 3 aliphatic rings. The number of carbonyl (C=O) groups is 1. The van der Waals surface area contributed by atoms with Crippen LogP contribution in [0.1, 0.15) is 31.0 Å². The van der Waals surface area contributed by atoms with Crippen molar-refractivity contribution in [3.05, 3.63) is 47.7 Å². The lowest BCUT2D eigenvalue weighted by molar-refractivity contribution is -0.114. The molecule has 0 aliphatic carbocycles. The minimum Gasteiger partial charge on any atom is -0.472 e. The fourth-order valence-electron chi connectivity index (χ4n) is 3.63. The van der Waals surface area contributed by atoms with E-state index < -0.39 is 0 Å². The summed E-state index contributed by atoms with van der Waals surface area (Å²) in [6.45, 7) is 4.85. The molecule has 2 bridgehead atoms. The van der Waals surface area contributed by atoms with E-state index >= 15 is 0 Å². The topological polar surface area (TPSA) is 67.3 Å². The molecule has 1 aromatic carbocycles. The van der Waals surface area contributed by atoms with E-state index in [9.17, 15) is 4.79 Å². The molecule has 1 atom stereocenters. The van der Waals surface area contributed by atoms with Gasteiger partial charge in [0.25, 0.3) is 0 Å². The summed E-state index contributed by atoms with van der Waals surface area (Å²) >= 11 is 0. The molecule has 27 heavy (non-hydrogen) atoms. The molecule has 6 nitrogen and oxygen atoms in total. The Morgan fingerprint density at radius 3 is 2.48 bits per heavy atom. The Balaban J connectivity index is 1.37. The van der Waals surface area contributed by atoms with Crippen molar-refractivity contribution in [3.8, 4) is 17.7 Å². The van der Waals surface area contributed by atoms with Crippen LogP contribution in [0.25, 0.3) is 0 Å². The zero-order chi connectivity index (χ0) is 18.6. The summed E-state index contributed by atoms with van der Waals surface area (Å²) in [7, 11) is 0. The highest BCUT2D eigenvalue weighted by molar-refractivity contribution is 5.88. The Morgan fingerprint density at radius 2 is 1.89 bits per heavy atom. The van der Waals surface area contributed by atoms with E-state index in [1.54, 1.807) is 0 Å². The zero-order valence-electron chi connectivity index (χ0n) is 15.3. The van der Waals surface area contributed by atoms with E-state index in [4.69, 9.17) is 4.74 Å². The molecule has 0 radical (unpaired) electrons. The van der Waals surface area contributed by atoms with E-state index in [0.717, 1.165) is 17.8 Å². The number of nitrogens with one attached hydrogen (secondary N) is 1. The molecule has 6 heteroatoms. The van der Waals surface area contributed by atoms with Gasteiger partial charge in [0.05, 0.1) is 0 Å². The van der Waals surface area contributed by atoms with Crippen LogP contribution in [0.2, 0.25) is 0 Å². The number of anilines is 1. The van der Waals surface area contributed by atoms with Crippen molar-refractivity contribution in [2.75, 3.05) is 25.0 Å². The van der Waals surface area contributed by atoms with Crippen LogP contribution in [0, 0.1) is 17.8 Å². The fraction of sp³-hybridized carbons (Fsp3) is 0.381. The van der Waals surface area contributed by atoms with E-state index in [1.165, 1.54) is 32.9 Å². The fourth-order valence-corrected chi connectivity index (χ4v) is 3.63. The first-order valence-electron chi connectivity index (χ1n) is 9.28. The third-order valence-electron chi connectivity index (χ3n) is 5.05. The van der Waals surface area contributed by atoms with Crippen LogP contribution in [-0.4, -0.2) is 46.7 Å². The van der Waals surface area contributed by atoms with Crippen molar-refractivity contribution in [1.82, 2.24) is 15.1 Å². The van der Waals surface area contributed by atoms with Crippen LogP contribution < -0.4 is 10.1 Å². The number of benzene rings is 1. The number of amides is 1. The highest BCUT2D eigenvalue weighted by Crippen LogP contribution is 2.29. The number of ether oxygens (including phenoxy) is 1. The quantitative estimate of drug-likeness (QED) is 0.849. The first kappa shape index (κ1) is 17.5. The van der Waals surface area contributed by atoms with Gasteiger partial charge < -0.3 is 10.1 Å². The maximum absolute atomic E-state index is 11.0. The van der Waals surface area contributed by atoms with Gasteiger partial charge in [-0.3, -0.25) is 9.69 Å². The van der Waals surface area contributed by atoms with Crippen LogP contribution in [0.3, 0.4) is 0 Å². The highest BCUT2D eigenvalue weighted by atomic mass is 16.5. The van der Waals surface area contributed by atoms with E-state index in [2.05, 4.69) is 32.3 Å². The first-order chi connectivity index (χ1) is 13.2. The molecule has 4 heterocycles. The average molecular weight is 362 g/mol. The zero-order valence-corrected chi connectivity index (χ0v) is 15.3. The lowest BCUT2D eigenvalue weighted by Crippen LogP contribution is -2.52. The monoisotopic (exact) mass is 362 g/mol. The number of fused-ring (bicyclic) bond motifs is 3. The average Bonchev–Trinajstić information content (AvgIpc) is 2.69. The van der Waals surface area contributed by atoms with Gasteiger partial charge in [-0.25, -0.2) is 0 Å². The second kappa shape index (κ2) is 7.77. The molecule has 5 rings (SSSR count). The number of hydrogen-bond donors (Lipinski definition) is 1. The molecule has 138 valence electrons. The van der Waals surface area contributed by atoms with Gasteiger partial charge in [0.1, 0.15) is 11.8 Å². The number of hydrogen-bond acceptors (Lipinski definition) is 5. The van der Waals surface area contributed by atoms with Crippen molar-refractivity contribution >= 4 is 11.6 Å². The van der Waals surface area contributed by atoms with Crippen molar-refractivity contribution in [2.45, 2.75) is 25.9 Å². The third-order valence-corrected chi connectivity index (χ3v) is 5.05. The predicted molar refractivity (Wildman–Crippen MR) is 102 cm³/mol. The molecule has 0 unspecified atom stereocenters. The van der Waals surface area contributed by atoms with Gasteiger partial charge in [-0.05, 0) is 68.1 Å². The van der Waals surface area contributed by atoms with Gasteiger partial charge >= 0.3 is 0 Å². The van der Waals surface area contributed by atoms with Crippen LogP contribution in [-0.2, 0) is 4.79 Å². The predicted octanol–water partition coefficient (Wildman–Crippen LogP) is 2.31. The lowest BCUT2D eigenvalue weighted by atomic mass is 9.86. The Kier molecular flexibility index (Phi) is 5.03. The summed E-state index contributed by atoms with van der Waals surface area (Å²) in [5.41, 5.74) is 2.20. The standard InChI is InChI=1S/C21H22N4O2/c1-15(26)22-18-5-2-16(3-6-18)4-7-19-8-9-21(24-23-19)27-20-14-25-12-10-17(20)11-13-25/h2-3,5-6,8-9,17,20H,10-14H2,1H3,(H,22,26)/t20-/m1/s1. The van der Waals surface area contributed by atoms with Gasteiger partial charge in [0, 0.05) is 30.8 Å². The smallest absolute Gasteiger partial charge is 0.233 e. The Hall–Kier alpha value is -2.91. The Labute approximate surface area is 158 Å². The number of rotatable bonds is 3. The minimum absolute atomic E-state index is 0.0929. The molecule has 0 saturated carbocycles. The Bertz CT molecular complexity index is 860. The minimum atomic E-state index is -0.0929. The normalized spacial score (nSPS) is 23.2. The molecule has 1 aromatic heterocycles. The van der Waals surface area contributed by atoms with Crippen LogP contribution in [0.4, 0.5) is 5.69 Å². The molecule has 3 saturated heterocycles. The van der Waals surface area contributed by atoms with Gasteiger partial charge in [-0.2, -0.15) is 0 Å². The van der Waals surface area contributed by atoms with Gasteiger partial charge in [0.15, 0.2) is 0 Å².